The van der Waals surface area contributed by atoms with Crippen LogP contribution >= 0.6 is 11.3 Å². The van der Waals surface area contributed by atoms with E-state index in [9.17, 15) is 13.2 Å². The fourth-order valence-electron chi connectivity index (χ4n) is 1.58. The average Bonchev–Trinajstić information content (AvgIpc) is 2.79. The summed E-state index contributed by atoms with van der Waals surface area (Å²) >= 11 is 1.21. The Morgan fingerprint density at radius 2 is 2.10 bits per heavy atom. The summed E-state index contributed by atoms with van der Waals surface area (Å²) in [5, 5.41) is 11.3. The van der Waals surface area contributed by atoms with E-state index >= 15 is 0 Å². The maximum Gasteiger partial charge on any atom is 0.261 e. The van der Waals surface area contributed by atoms with Gasteiger partial charge in [-0.1, -0.05) is 11.8 Å². The zero-order chi connectivity index (χ0) is 16.1. The summed E-state index contributed by atoms with van der Waals surface area (Å²) in [5.41, 5.74) is -0.778. The first kappa shape index (κ1) is 17.7. The van der Waals surface area contributed by atoms with Crippen LogP contribution in [0.2, 0.25) is 0 Å². The number of thiophene rings is 1. The number of carbonyl (C=O) groups excluding carboxylic acids is 1. The average molecular weight is 330 g/mol. The highest BCUT2D eigenvalue weighted by Crippen LogP contribution is 2.15. The molecule has 0 saturated heterocycles. The maximum absolute atomic E-state index is 12.0. The third-order valence-electron chi connectivity index (χ3n) is 2.27. The molecule has 1 heterocycles. The van der Waals surface area contributed by atoms with Gasteiger partial charge in [-0.05, 0) is 26.0 Å². The first-order valence-electron chi connectivity index (χ1n) is 6.10. The Balaban J connectivity index is 2.63. The summed E-state index contributed by atoms with van der Waals surface area (Å²) in [5.74, 6) is 4.93. The quantitative estimate of drug-likeness (QED) is 0.670. The summed E-state index contributed by atoms with van der Waals surface area (Å²) in [6.07, 6.45) is 1.07. The van der Waals surface area contributed by atoms with E-state index in [1.54, 1.807) is 26.0 Å². The molecule has 0 bridgehead atoms. The van der Waals surface area contributed by atoms with E-state index in [-0.39, 0.29) is 19.1 Å². The molecular weight excluding hydrogens is 312 g/mol. The maximum atomic E-state index is 12.0. The van der Waals surface area contributed by atoms with E-state index < -0.39 is 15.6 Å². The van der Waals surface area contributed by atoms with Crippen LogP contribution in [-0.2, 0) is 10.0 Å². The minimum Gasteiger partial charge on any atom is -0.384 e. The molecule has 0 spiro atoms. The van der Waals surface area contributed by atoms with Crippen molar-refractivity contribution in [3.05, 3.63) is 21.9 Å². The molecule has 1 aromatic heterocycles. The van der Waals surface area contributed by atoms with Crippen LogP contribution in [0.25, 0.3) is 0 Å². The van der Waals surface area contributed by atoms with Crippen LogP contribution in [0.4, 0.5) is 0 Å². The largest absolute Gasteiger partial charge is 0.384 e. The smallest absolute Gasteiger partial charge is 0.261 e. The first-order valence-corrected chi connectivity index (χ1v) is 8.80. The fourth-order valence-corrected chi connectivity index (χ4v) is 3.45. The number of amides is 1. The molecule has 0 aliphatic carbocycles. The van der Waals surface area contributed by atoms with Gasteiger partial charge in [-0.3, -0.25) is 4.79 Å². The molecule has 3 N–H and O–H groups in total. The minimum atomic E-state index is -3.34. The van der Waals surface area contributed by atoms with Crippen LogP contribution in [0.15, 0.2) is 12.1 Å². The van der Waals surface area contributed by atoms with Crippen LogP contribution in [0.1, 0.15) is 28.4 Å². The van der Waals surface area contributed by atoms with Gasteiger partial charge in [0, 0.05) is 12.1 Å². The molecule has 1 rings (SSSR count). The molecule has 0 atom stereocenters. The summed E-state index contributed by atoms with van der Waals surface area (Å²) < 4.78 is 24.9. The van der Waals surface area contributed by atoms with E-state index in [1.165, 1.54) is 11.3 Å². The number of nitrogens with one attached hydrogen (secondary N) is 2. The van der Waals surface area contributed by atoms with E-state index in [2.05, 4.69) is 21.9 Å². The zero-order valence-electron chi connectivity index (χ0n) is 12.1. The second kappa shape index (κ2) is 7.04. The third-order valence-corrected chi connectivity index (χ3v) is 4.20. The second-order valence-corrected chi connectivity index (χ2v) is 7.90. The van der Waals surface area contributed by atoms with Gasteiger partial charge in [0.15, 0.2) is 0 Å². The highest BCUT2D eigenvalue weighted by Gasteiger charge is 2.23. The lowest BCUT2D eigenvalue weighted by atomic mass is 10.1. The standard InChI is InChI=1S/C13H18N2O4S2/c1-13(2,15-21(3,18)19)9-14-12(17)11-7-6-10(20-11)5-4-8-16/h6-7,15-16H,8-9H2,1-3H3,(H,14,17). The number of hydrogen-bond donors (Lipinski definition) is 3. The van der Waals surface area contributed by atoms with Crippen molar-refractivity contribution >= 4 is 27.3 Å². The van der Waals surface area contributed by atoms with Gasteiger partial charge in [-0.15, -0.1) is 11.3 Å². The SMILES string of the molecule is CC(C)(CNC(=O)c1ccc(C#CCO)s1)NS(C)(=O)=O. The molecule has 1 amide bonds. The molecule has 21 heavy (non-hydrogen) atoms. The molecule has 6 nitrogen and oxygen atoms in total. The van der Waals surface area contributed by atoms with Crippen molar-refractivity contribution in [2.75, 3.05) is 19.4 Å². The van der Waals surface area contributed by atoms with Crippen molar-refractivity contribution in [2.45, 2.75) is 19.4 Å². The number of carbonyl (C=O) groups is 1. The van der Waals surface area contributed by atoms with Crippen LogP contribution in [-0.4, -0.2) is 44.4 Å². The molecule has 0 fully saturated rings. The van der Waals surface area contributed by atoms with Crippen LogP contribution in [0.5, 0.6) is 0 Å². The molecule has 0 saturated carbocycles. The molecule has 0 aromatic carbocycles. The van der Waals surface area contributed by atoms with Crippen molar-refractivity contribution in [3.8, 4) is 11.8 Å². The molecule has 0 aliphatic rings. The molecule has 0 aliphatic heterocycles. The molecule has 8 heteroatoms. The van der Waals surface area contributed by atoms with Crippen LogP contribution in [0, 0.1) is 11.8 Å². The lowest BCUT2D eigenvalue weighted by molar-refractivity contribution is 0.0948. The number of sulfonamides is 1. The monoisotopic (exact) mass is 330 g/mol. The summed E-state index contributed by atoms with van der Waals surface area (Å²) in [6.45, 7) is 3.29. The predicted octanol–water partition coefficient (Wildman–Crippen LogP) is 0.150. The number of aliphatic hydroxyl groups is 1. The second-order valence-electron chi connectivity index (χ2n) is 5.06. The van der Waals surface area contributed by atoms with Gasteiger partial charge in [-0.25, -0.2) is 13.1 Å². The summed E-state index contributed by atoms with van der Waals surface area (Å²) in [6, 6.07) is 3.33. The van der Waals surface area contributed by atoms with Crippen molar-refractivity contribution in [1.82, 2.24) is 10.0 Å². The molecule has 1 aromatic rings. The normalized spacial score (nSPS) is 11.6. The van der Waals surface area contributed by atoms with Gasteiger partial charge in [0.05, 0.1) is 16.0 Å². The summed E-state index contributed by atoms with van der Waals surface area (Å²) in [4.78, 5) is 13.1. The Kier molecular flexibility index (Phi) is 5.92. The Morgan fingerprint density at radius 1 is 1.43 bits per heavy atom. The van der Waals surface area contributed by atoms with Gasteiger partial charge >= 0.3 is 0 Å². The Bertz CT molecular complexity index is 666. The van der Waals surface area contributed by atoms with Gasteiger partial charge in [0.1, 0.15) is 6.61 Å². The van der Waals surface area contributed by atoms with Gasteiger partial charge < -0.3 is 10.4 Å². The lowest BCUT2D eigenvalue weighted by Gasteiger charge is -2.25. The van der Waals surface area contributed by atoms with E-state index in [4.69, 9.17) is 5.11 Å². The minimum absolute atomic E-state index is 0.161. The summed E-state index contributed by atoms with van der Waals surface area (Å²) in [7, 11) is -3.34. The number of rotatable bonds is 5. The van der Waals surface area contributed by atoms with Gasteiger partial charge in [0.2, 0.25) is 10.0 Å². The predicted molar refractivity (Wildman–Crippen MR) is 82.7 cm³/mol. The van der Waals surface area contributed by atoms with Crippen molar-refractivity contribution in [3.63, 3.8) is 0 Å². The zero-order valence-corrected chi connectivity index (χ0v) is 13.7. The highest BCUT2D eigenvalue weighted by atomic mass is 32.2. The number of hydrogen-bond acceptors (Lipinski definition) is 5. The molecule has 0 unspecified atom stereocenters. The van der Waals surface area contributed by atoms with Crippen LogP contribution in [0.3, 0.4) is 0 Å². The van der Waals surface area contributed by atoms with Crippen molar-refractivity contribution in [2.24, 2.45) is 0 Å². The lowest BCUT2D eigenvalue weighted by Crippen LogP contribution is -2.50. The van der Waals surface area contributed by atoms with E-state index in [0.717, 1.165) is 6.26 Å². The third kappa shape index (κ3) is 6.73. The molecule has 0 radical (unpaired) electrons. The fraction of sp³-hybridized carbons (Fsp3) is 0.462. The molecular formula is C13H18N2O4S2. The van der Waals surface area contributed by atoms with Crippen molar-refractivity contribution in [1.29, 1.82) is 0 Å². The van der Waals surface area contributed by atoms with Crippen LogP contribution < -0.4 is 10.0 Å². The van der Waals surface area contributed by atoms with Crippen molar-refractivity contribution < 1.29 is 18.3 Å². The Morgan fingerprint density at radius 3 is 2.67 bits per heavy atom. The Hall–Kier alpha value is -1.40. The topological polar surface area (TPSA) is 95.5 Å². The first-order chi connectivity index (χ1) is 9.63. The molecule has 116 valence electrons. The number of aliphatic hydroxyl groups excluding tert-OH is 1. The highest BCUT2D eigenvalue weighted by molar-refractivity contribution is 7.88. The van der Waals surface area contributed by atoms with Gasteiger partial charge in [-0.2, -0.15) is 0 Å². The van der Waals surface area contributed by atoms with E-state index in [1.807, 2.05) is 0 Å². The van der Waals surface area contributed by atoms with E-state index in [0.29, 0.717) is 9.75 Å². The van der Waals surface area contributed by atoms with Gasteiger partial charge in [0.25, 0.3) is 5.91 Å². The Labute approximate surface area is 128 Å².